The largest absolute Gasteiger partial charge is 0.361 e. The summed E-state index contributed by atoms with van der Waals surface area (Å²) in [6.07, 6.45) is 4.62. The van der Waals surface area contributed by atoms with E-state index in [1.165, 1.54) is 23.8 Å². The summed E-state index contributed by atoms with van der Waals surface area (Å²) in [7, 11) is 5.78. The van der Waals surface area contributed by atoms with Crippen LogP contribution in [0.3, 0.4) is 0 Å². The van der Waals surface area contributed by atoms with Crippen molar-refractivity contribution in [3.8, 4) is 0 Å². The first-order valence-electron chi connectivity index (χ1n) is 5.92. The van der Waals surface area contributed by atoms with Crippen LogP contribution in [-0.2, 0) is 0 Å². The van der Waals surface area contributed by atoms with Gasteiger partial charge in [-0.25, -0.2) is 0 Å². The molecule has 0 saturated carbocycles. The quantitative estimate of drug-likeness (QED) is 0.684. The van der Waals surface area contributed by atoms with Crippen LogP contribution in [0.5, 0.6) is 0 Å². The molecule has 0 unspecified atom stereocenters. The average Bonchev–Trinajstić information content (AvgIpc) is 2.73. The van der Waals surface area contributed by atoms with Crippen LogP contribution in [0.4, 0.5) is 0 Å². The molecule has 1 fully saturated rings. The van der Waals surface area contributed by atoms with Gasteiger partial charge in [0.25, 0.3) is 0 Å². The molecule has 2 aromatic rings. The molecule has 0 atom stereocenters. The average molecular weight is 210 g/mol. The van der Waals surface area contributed by atoms with Crippen molar-refractivity contribution in [1.82, 2.24) is 10.3 Å². The van der Waals surface area contributed by atoms with Crippen molar-refractivity contribution in [2.45, 2.75) is 18.8 Å². The summed E-state index contributed by atoms with van der Waals surface area (Å²) >= 11 is 0. The fourth-order valence-electron chi connectivity index (χ4n) is 2.64. The van der Waals surface area contributed by atoms with E-state index in [1.54, 1.807) is 0 Å². The summed E-state index contributed by atoms with van der Waals surface area (Å²) < 4.78 is 0. The minimum Gasteiger partial charge on any atom is -0.361 e. The lowest BCUT2D eigenvalue weighted by molar-refractivity contribution is 0.462. The topological polar surface area (TPSA) is 27.8 Å². The first-order chi connectivity index (χ1) is 7.84. The van der Waals surface area contributed by atoms with E-state index >= 15 is 0 Å². The molecule has 1 aromatic carbocycles. The molecular weight excluding hydrogens is 195 g/mol. The van der Waals surface area contributed by atoms with E-state index in [0.717, 1.165) is 24.1 Å². The highest BCUT2D eigenvalue weighted by Crippen LogP contribution is 2.30. The maximum absolute atomic E-state index is 5.78. The van der Waals surface area contributed by atoms with Gasteiger partial charge in [0.2, 0.25) is 0 Å². The van der Waals surface area contributed by atoms with Gasteiger partial charge in [-0.05, 0) is 43.5 Å². The highest BCUT2D eigenvalue weighted by atomic mass is 14.9. The number of fused-ring (bicyclic) bond motifs is 1. The van der Waals surface area contributed by atoms with Crippen LogP contribution in [-0.4, -0.2) is 25.9 Å². The number of nitrogens with one attached hydrogen (secondary N) is 2. The number of aromatic amines is 1. The van der Waals surface area contributed by atoms with E-state index in [2.05, 4.69) is 22.6 Å². The maximum Gasteiger partial charge on any atom is 0.113 e. The van der Waals surface area contributed by atoms with Crippen LogP contribution in [0.15, 0.2) is 24.4 Å². The Morgan fingerprint density at radius 2 is 2.00 bits per heavy atom. The molecule has 0 aliphatic carbocycles. The van der Waals surface area contributed by atoms with Crippen LogP contribution in [0.25, 0.3) is 10.9 Å². The summed E-state index contributed by atoms with van der Waals surface area (Å²) in [5, 5.41) is 4.74. The zero-order valence-corrected chi connectivity index (χ0v) is 9.29. The molecule has 1 aromatic heterocycles. The second kappa shape index (κ2) is 3.98. The van der Waals surface area contributed by atoms with E-state index in [-0.39, 0.29) is 0 Å². The van der Waals surface area contributed by atoms with Crippen LogP contribution >= 0.6 is 0 Å². The van der Waals surface area contributed by atoms with Crippen molar-refractivity contribution in [2.75, 3.05) is 13.1 Å². The standard InChI is InChI=1S/C13H15BN2/c14-10-1-2-11-12(8-16-13(11)7-10)9-3-5-15-6-4-9/h1-2,7-9,15-16H,3-6H2. The minimum absolute atomic E-state index is 0.693. The molecule has 1 aliphatic rings. The lowest BCUT2D eigenvalue weighted by Crippen LogP contribution is -2.26. The van der Waals surface area contributed by atoms with Gasteiger partial charge >= 0.3 is 0 Å². The zero-order chi connectivity index (χ0) is 11.0. The van der Waals surface area contributed by atoms with Crippen LogP contribution in [0.1, 0.15) is 24.3 Å². The number of H-pyrrole nitrogens is 1. The van der Waals surface area contributed by atoms with Crippen molar-refractivity contribution >= 4 is 24.2 Å². The van der Waals surface area contributed by atoms with Gasteiger partial charge in [0, 0.05) is 17.1 Å². The molecule has 2 nitrogen and oxygen atoms in total. The number of hydrogen-bond donors (Lipinski definition) is 2. The molecule has 2 heterocycles. The van der Waals surface area contributed by atoms with Gasteiger partial charge in [0.1, 0.15) is 7.85 Å². The normalized spacial score (nSPS) is 18.0. The molecule has 2 N–H and O–H groups in total. The monoisotopic (exact) mass is 210 g/mol. The summed E-state index contributed by atoms with van der Waals surface area (Å²) in [6, 6.07) is 6.14. The first-order valence-corrected chi connectivity index (χ1v) is 5.92. The van der Waals surface area contributed by atoms with Crippen molar-refractivity contribution in [1.29, 1.82) is 0 Å². The number of rotatable bonds is 1. The molecule has 0 amide bonds. The second-order valence-electron chi connectivity index (χ2n) is 4.57. The predicted octanol–water partition coefficient (Wildman–Crippen LogP) is 1.43. The predicted molar refractivity (Wildman–Crippen MR) is 68.5 cm³/mol. The summed E-state index contributed by atoms with van der Waals surface area (Å²) in [5.74, 6) is 0.693. The number of aromatic nitrogens is 1. The van der Waals surface area contributed by atoms with E-state index in [0.29, 0.717) is 5.92 Å². The van der Waals surface area contributed by atoms with Gasteiger partial charge < -0.3 is 10.3 Å². The third-order valence-corrected chi connectivity index (χ3v) is 3.52. The SMILES string of the molecule is [B]c1ccc2c(C3CCNCC3)c[nH]c2c1. The Bertz CT molecular complexity index is 498. The highest BCUT2D eigenvalue weighted by Gasteiger charge is 2.18. The molecule has 0 spiro atoms. The fraction of sp³-hybridized carbons (Fsp3) is 0.385. The molecule has 80 valence electrons. The molecule has 1 saturated heterocycles. The Morgan fingerprint density at radius 3 is 2.81 bits per heavy atom. The highest BCUT2D eigenvalue weighted by molar-refractivity contribution is 6.33. The molecule has 2 radical (unpaired) electrons. The molecular formula is C13H15BN2. The molecule has 16 heavy (non-hydrogen) atoms. The molecule has 1 aliphatic heterocycles. The molecule has 3 rings (SSSR count). The van der Waals surface area contributed by atoms with Gasteiger partial charge in [0.15, 0.2) is 0 Å². The lowest BCUT2D eigenvalue weighted by Gasteiger charge is -2.22. The van der Waals surface area contributed by atoms with E-state index in [9.17, 15) is 0 Å². The van der Waals surface area contributed by atoms with Crippen molar-refractivity contribution < 1.29 is 0 Å². The molecule has 0 bridgehead atoms. The van der Waals surface area contributed by atoms with Gasteiger partial charge in [-0.15, -0.1) is 0 Å². The van der Waals surface area contributed by atoms with Gasteiger partial charge in [-0.1, -0.05) is 17.6 Å². The van der Waals surface area contributed by atoms with Crippen LogP contribution < -0.4 is 10.8 Å². The smallest absolute Gasteiger partial charge is 0.113 e. The Hall–Kier alpha value is -1.22. The van der Waals surface area contributed by atoms with E-state index in [4.69, 9.17) is 7.85 Å². The van der Waals surface area contributed by atoms with Gasteiger partial charge in [-0.2, -0.15) is 0 Å². The van der Waals surface area contributed by atoms with Gasteiger partial charge in [0.05, 0.1) is 0 Å². The Labute approximate surface area is 96.8 Å². The van der Waals surface area contributed by atoms with Crippen LogP contribution in [0.2, 0.25) is 0 Å². The summed E-state index contributed by atoms with van der Waals surface area (Å²) in [6.45, 7) is 2.26. The van der Waals surface area contributed by atoms with Crippen LogP contribution in [0, 0.1) is 0 Å². The number of piperidine rings is 1. The first kappa shape index (κ1) is 9.97. The van der Waals surface area contributed by atoms with Gasteiger partial charge in [-0.3, -0.25) is 0 Å². The Kier molecular flexibility index (Phi) is 2.48. The zero-order valence-electron chi connectivity index (χ0n) is 9.29. The summed E-state index contributed by atoms with van der Waals surface area (Å²) in [4.78, 5) is 3.33. The van der Waals surface area contributed by atoms with Crippen molar-refractivity contribution in [3.05, 3.63) is 30.0 Å². The summed E-state index contributed by atoms with van der Waals surface area (Å²) in [5.41, 5.74) is 3.44. The van der Waals surface area contributed by atoms with Crippen molar-refractivity contribution in [2.24, 2.45) is 0 Å². The lowest BCUT2D eigenvalue weighted by atomic mass is 9.88. The number of hydrogen-bond acceptors (Lipinski definition) is 1. The third kappa shape index (κ3) is 1.65. The fourth-order valence-corrected chi connectivity index (χ4v) is 2.64. The van der Waals surface area contributed by atoms with Crippen molar-refractivity contribution in [3.63, 3.8) is 0 Å². The second-order valence-corrected chi connectivity index (χ2v) is 4.57. The minimum atomic E-state index is 0.693. The van der Waals surface area contributed by atoms with E-state index < -0.39 is 0 Å². The number of benzene rings is 1. The third-order valence-electron chi connectivity index (χ3n) is 3.52. The van der Waals surface area contributed by atoms with E-state index in [1.807, 2.05) is 12.1 Å². The maximum atomic E-state index is 5.78. The molecule has 3 heteroatoms. The Balaban J connectivity index is 2.03. The Morgan fingerprint density at radius 1 is 1.19 bits per heavy atom.